The van der Waals surface area contributed by atoms with Gasteiger partial charge in [-0.3, -0.25) is 9.78 Å². The largest absolute Gasteiger partial charge is 0.481 e. The van der Waals surface area contributed by atoms with Gasteiger partial charge in [-0.1, -0.05) is 40.5 Å². The maximum Gasteiger partial charge on any atom is 0.310 e. The zero-order valence-electron chi connectivity index (χ0n) is 18.7. The van der Waals surface area contributed by atoms with Crippen LogP contribution in [0.3, 0.4) is 0 Å². The molecule has 1 aliphatic rings. The number of nitrogens with two attached hydrogens (primary N) is 1. The van der Waals surface area contributed by atoms with Gasteiger partial charge in [0.15, 0.2) is 0 Å². The van der Waals surface area contributed by atoms with Gasteiger partial charge in [0.1, 0.15) is 5.52 Å². The number of anilines is 1. The molecule has 2 aromatic heterocycles. The molecule has 0 saturated heterocycles. The smallest absolute Gasteiger partial charge is 0.310 e. The van der Waals surface area contributed by atoms with Crippen LogP contribution in [-0.4, -0.2) is 31.1 Å². The van der Waals surface area contributed by atoms with E-state index in [-0.39, 0.29) is 6.04 Å². The number of benzene rings is 2. The lowest BCUT2D eigenvalue weighted by Crippen LogP contribution is -2.11. The van der Waals surface area contributed by atoms with Gasteiger partial charge >= 0.3 is 5.97 Å². The minimum atomic E-state index is -0.937. The Kier molecular flexibility index (Phi) is 5.70. The Balaban J connectivity index is 1.63. The van der Waals surface area contributed by atoms with Crippen molar-refractivity contribution in [1.29, 1.82) is 0 Å². The minimum absolute atomic E-state index is 0.275. The number of aliphatic carboxylic acids is 1. The van der Waals surface area contributed by atoms with Crippen molar-refractivity contribution in [2.24, 2.45) is 0 Å². The highest BCUT2D eigenvalue weighted by Gasteiger charge is 2.29. The van der Waals surface area contributed by atoms with Crippen molar-refractivity contribution >= 4 is 45.9 Å². The van der Waals surface area contributed by atoms with E-state index in [4.69, 9.17) is 28.9 Å². The fraction of sp³-hybridized carbons (Fsp3) is 0.280. The normalized spacial score (nSPS) is 15.4. The first kappa shape index (κ1) is 22.6. The summed E-state index contributed by atoms with van der Waals surface area (Å²) in [7, 11) is 0. The predicted molar refractivity (Wildman–Crippen MR) is 133 cm³/mol. The molecule has 0 spiro atoms. The molecule has 2 atom stereocenters. The van der Waals surface area contributed by atoms with Gasteiger partial charge in [-0.05, 0) is 68.0 Å². The molecule has 1 aliphatic carbocycles. The molecule has 5 rings (SSSR count). The maximum atomic E-state index is 11.7. The third-order valence-electron chi connectivity index (χ3n) is 6.50. The minimum Gasteiger partial charge on any atom is -0.481 e. The molecule has 0 bridgehead atoms. The molecular weight excluding hydrogens is 473 g/mol. The first-order chi connectivity index (χ1) is 16.3. The van der Waals surface area contributed by atoms with E-state index in [1.807, 2.05) is 25.1 Å². The zero-order chi connectivity index (χ0) is 24.1. The maximum absolute atomic E-state index is 11.7. The Morgan fingerprint density at radius 2 is 1.94 bits per heavy atom. The summed E-state index contributed by atoms with van der Waals surface area (Å²) in [6.45, 7) is 3.61. The van der Waals surface area contributed by atoms with Crippen LogP contribution in [0.5, 0.6) is 0 Å². The third-order valence-corrected chi connectivity index (χ3v) is 7.26. The molecule has 1 fully saturated rings. The number of nitrogens with zero attached hydrogens (tertiary/aromatic N) is 4. The molecule has 174 valence electrons. The third kappa shape index (κ3) is 3.89. The van der Waals surface area contributed by atoms with Crippen molar-refractivity contribution < 1.29 is 9.90 Å². The molecule has 2 heterocycles. The van der Waals surface area contributed by atoms with Gasteiger partial charge < -0.3 is 10.8 Å². The Labute approximate surface area is 206 Å². The lowest BCUT2D eigenvalue weighted by atomic mass is 9.93. The number of pyridine rings is 1. The molecule has 9 heteroatoms. The molecule has 7 nitrogen and oxygen atoms in total. The van der Waals surface area contributed by atoms with E-state index in [1.54, 1.807) is 36.0 Å². The van der Waals surface area contributed by atoms with Crippen LogP contribution < -0.4 is 5.73 Å². The number of rotatable bonds is 6. The van der Waals surface area contributed by atoms with Gasteiger partial charge in [0.05, 0.1) is 34.4 Å². The summed E-state index contributed by atoms with van der Waals surface area (Å²) in [4.78, 5) is 16.2. The highest BCUT2D eigenvalue weighted by Crippen LogP contribution is 2.47. The summed E-state index contributed by atoms with van der Waals surface area (Å²) in [6, 6.07) is 10.7. The molecule has 0 radical (unpaired) electrons. The Hall–Kier alpha value is -3.16. The monoisotopic (exact) mass is 495 g/mol. The number of aromatic nitrogens is 4. The second-order valence-corrected chi connectivity index (χ2v) is 9.60. The standard InChI is InChI=1S/C25H23Cl2N5O2/c1-12(25(33)34)18-9-15(28)5-6-17(18)20-10-22-21(11-29-20)30-31-32(22)13(2)23-19(26)8-7-16(24(23)27)14-3-4-14/h5-14H,3-4,28H2,1-2H3,(H,33,34)/t12-,13+/m0/s1. The van der Waals surface area contributed by atoms with Gasteiger partial charge in [0, 0.05) is 21.8 Å². The predicted octanol–water partition coefficient (Wildman–Crippen LogP) is 6.06. The Bertz CT molecular complexity index is 1430. The second kappa shape index (κ2) is 8.56. The number of carbonyl (C=O) groups is 1. The molecule has 0 aliphatic heterocycles. The van der Waals surface area contributed by atoms with Crippen molar-refractivity contribution in [2.75, 3.05) is 5.73 Å². The first-order valence-electron chi connectivity index (χ1n) is 11.1. The van der Waals surface area contributed by atoms with Crippen LogP contribution in [0.1, 0.15) is 61.3 Å². The second-order valence-electron chi connectivity index (χ2n) is 8.81. The summed E-state index contributed by atoms with van der Waals surface area (Å²) in [6.07, 6.45) is 3.90. The molecule has 3 N–H and O–H groups in total. The van der Waals surface area contributed by atoms with Gasteiger partial charge in [0.25, 0.3) is 0 Å². The van der Waals surface area contributed by atoms with Crippen molar-refractivity contribution in [3.8, 4) is 11.3 Å². The number of carboxylic acids is 1. The lowest BCUT2D eigenvalue weighted by molar-refractivity contribution is -0.138. The summed E-state index contributed by atoms with van der Waals surface area (Å²) in [5.41, 5.74) is 11.6. The highest BCUT2D eigenvalue weighted by atomic mass is 35.5. The van der Waals surface area contributed by atoms with Crippen molar-refractivity contribution in [1.82, 2.24) is 20.0 Å². The van der Waals surface area contributed by atoms with Gasteiger partial charge in [-0.2, -0.15) is 0 Å². The first-order valence-corrected chi connectivity index (χ1v) is 11.8. The van der Waals surface area contributed by atoms with Gasteiger partial charge in [-0.25, -0.2) is 4.68 Å². The number of hydrogen-bond acceptors (Lipinski definition) is 5. The van der Waals surface area contributed by atoms with Crippen molar-refractivity contribution in [2.45, 2.75) is 44.6 Å². The van der Waals surface area contributed by atoms with E-state index in [1.165, 1.54) is 0 Å². The summed E-state index contributed by atoms with van der Waals surface area (Å²) in [5.74, 6) is -1.20. The van der Waals surface area contributed by atoms with Crippen LogP contribution in [0.15, 0.2) is 42.6 Å². The molecule has 0 unspecified atom stereocenters. The van der Waals surface area contributed by atoms with Crippen LogP contribution in [0.2, 0.25) is 10.0 Å². The van der Waals surface area contributed by atoms with Crippen LogP contribution in [-0.2, 0) is 4.79 Å². The number of halogens is 2. The lowest BCUT2D eigenvalue weighted by Gasteiger charge is -2.19. The van der Waals surface area contributed by atoms with Gasteiger partial charge in [-0.15, -0.1) is 5.10 Å². The summed E-state index contributed by atoms with van der Waals surface area (Å²) >= 11 is 13.4. The van der Waals surface area contributed by atoms with Crippen molar-refractivity contribution in [3.05, 3.63) is 69.3 Å². The number of nitrogen functional groups attached to an aromatic ring is 1. The molecule has 2 aromatic carbocycles. The van der Waals surface area contributed by atoms with Crippen LogP contribution in [0.4, 0.5) is 5.69 Å². The fourth-order valence-electron chi connectivity index (χ4n) is 4.38. The molecule has 4 aromatic rings. The van der Waals surface area contributed by atoms with Crippen molar-refractivity contribution in [3.63, 3.8) is 0 Å². The Morgan fingerprint density at radius 1 is 1.18 bits per heavy atom. The van der Waals surface area contributed by atoms with Gasteiger partial charge in [0.2, 0.25) is 0 Å². The van der Waals surface area contributed by atoms with E-state index in [0.717, 1.165) is 29.5 Å². The number of fused-ring (bicyclic) bond motifs is 1. The molecule has 0 amide bonds. The molecule has 34 heavy (non-hydrogen) atoms. The average Bonchev–Trinajstić information content (AvgIpc) is 3.56. The number of hydrogen-bond donors (Lipinski definition) is 2. The van der Waals surface area contributed by atoms with E-state index in [9.17, 15) is 9.90 Å². The quantitative estimate of drug-likeness (QED) is 0.315. The summed E-state index contributed by atoms with van der Waals surface area (Å²) in [5, 5.41) is 19.5. The van der Waals surface area contributed by atoms with Crippen LogP contribution >= 0.6 is 23.2 Å². The topological polar surface area (TPSA) is 107 Å². The SMILES string of the molecule is C[C@H](C(=O)O)c1cc(N)ccc1-c1cc2c(cn1)nnn2[C@H](C)c1c(Cl)ccc(C2CC2)c1Cl. The summed E-state index contributed by atoms with van der Waals surface area (Å²) < 4.78 is 1.78. The van der Waals surface area contributed by atoms with E-state index >= 15 is 0 Å². The Morgan fingerprint density at radius 3 is 2.65 bits per heavy atom. The van der Waals surface area contributed by atoms with Crippen LogP contribution in [0, 0.1) is 0 Å². The molecule has 1 saturated carbocycles. The molecular formula is C25H23Cl2N5O2. The van der Waals surface area contributed by atoms with Crippen LogP contribution in [0.25, 0.3) is 22.3 Å². The fourth-order valence-corrected chi connectivity index (χ4v) is 5.22. The zero-order valence-corrected chi connectivity index (χ0v) is 20.2. The van der Waals surface area contributed by atoms with E-state index in [0.29, 0.717) is 44.0 Å². The average molecular weight is 496 g/mol. The highest BCUT2D eigenvalue weighted by molar-refractivity contribution is 6.36. The number of carboxylic acid groups (broad SMARTS) is 1. The van der Waals surface area contributed by atoms with E-state index in [2.05, 4.69) is 15.3 Å². The van der Waals surface area contributed by atoms with E-state index < -0.39 is 11.9 Å².